The van der Waals surface area contributed by atoms with Crippen LogP contribution in [0.5, 0.6) is 17.2 Å². The highest BCUT2D eigenvalue weighted by molar-refractivity contribution is 6.10. The van der Waals surface area contributed by atoms with Crippen molar-refractivity contribution in [2.75, 3.05) is 11.9 Å². The summed E-state index contributed by atoms with van der Waals surface area (Å²) >= 11 is 0. The van der Waals surface area contributed by atoms with Gasteiger partial charge >= 0.3 is 12.6 Å². The lowest BCUT2D eigenvalue weighted by Crippen LogP contribution is -2.42. The maximum Gasteiger partial charge on any atom is 0.387 e. The minimum atomic E-state index is -2.98. The number of hydrogen-bond acceptors (Lipinski definition) is 5. The van der Waals surface area contributed by atoms with E-state index in [2.05, 4.69) is 15.4 Å². The Hall–Kier alpha value is -4.47. The minimum Gasteiger partial charge on any atom is -0.457 e. The number of anilines is 1. The van der Waals surface area contributed by atoms with Crippen molar-refractivity contribution in [2.24, 2.45) is 0 Å². The molecule has 2 N–H and O–H groups in total. The van der Waals surface area contributed by atoms with E-state index < -0.39 is 36.5 Å². The normalized spacial score (nSPS) is 17.3. The van der Waals surface area contributed by atoms with Gasteiger partial charge in [-0.05, 0) is 61.0 Å². The van der Waals surface area contributed by atoms with E-state index in [1.807, 2.05) is 30.3 Å². The van der Waals surface area contributed by atoms with Gasteiger partial charge in [-0.1, -0.05) is 30.3 Å². The Morgan fingerprint density at radius 3 is 2.17 bits per heavy atom. The Bertz CT molecular complexity index is 1220. The monoisotopic (exact) mass is 481 g/mol. The molecule has 1 heterocycles. The van der Waals surface area contributed by atoms with E-state index in [-0.39, 0.29) is 5.75 Å². The summed E-state index contributed by atoms with van der Waals surface area (Å²) in [6, 6.07) is 20.4. The molecule has 1 aliphatic rings. The first-order chi connectivity index (χ1) is 16.7. The molecule has 8 nitrogen and oxygen atoms in total. The Labute approximate surface area is 199 Å². The zero-order chi connectivity index (χ0) is 25.0. The molecule has 0 aliphatic carbocycles. The van der Waals surface area contributed by atoms with Gasteiger partial charge < -0.3 is 20.1 Å². The molecule has 3 aromatic carbocycles. The first-order valence-electron chi connectivity index (χ1n) is 10.6. The Morgan fingerprint density at radius 1 is 0.943 bits per heavy atom. The van der Waals surface area contributed by atoms with Crippen molar-refractivity contribution in [2.45, 2.75) is 19.1 Å². The first kappa shape index (κ1) is 23.7. The third-order valence-corrected chi connectivity index (χ3v) is 5.35. The molecule has 180 valence electrons. The van der Waals surface area contributed by atoms with Gasteiger partial charge in [0.25, 0.3) is 5.91 Å². The number of alkyl halides is 2. The maximum atomic E-state index is 13.0. The molecule has 10 heteroatoms. The van der Waals surface area contributed by atoms with Gasteiger partial charge in [-0.15, -0.1) is 0 Å². The van der Waals surface area contributed by atoms with E-state index >= 15 is 0 Å². The topological polar surface area (TPSA) is 97.0 Å². The molecule has 4 rings (SSSR count). The van der Waals surface area contributed by atoms with Gasteiger partial charge in [0, 0.05) is 5.69 Å². The van der Waals surface area contributed by atoms with Crippen LogP contribution in [-0.4, -0.2) is 35.9 Å². The van der Waals surface area contributed by atoms with Crippen molar-refractivity contribution in [3.63, 3.8) is 0 Å². The zero-order valence-corrected chi connectivity index (χ0v) is 18.5. The second kappa shape index (κ2) is 9.80. The lowest BCUT2D eigenvalue weighted by molar-refractivity contribution is -0.133. The number of benzene rings is 3. The van der Waals surface area contributed by atoms with Crippen LogP contribution in [0.25, 0.3) is 0 Å². The maximum absolute atomic E-state index is 13.0. The molecular weight excluding hydrogens is 460 g/mol. The Morgan fingerprint density at radius 2 is 1.54 bits per heavy atom. The van der Waals surface area contributed by atoms with E-state index in [1.54, 1.807) is 24.3 Å². The molecule has 1 fully saturated rings. The van der Waals surface area contributed by atoms with Crippen LogP contribution in [0.1, 0.15) is 12.5 Å². The fourth-order valence-electron chi connectivity index (χ4n) is 3.58. The number of ether oxygens (including phenoxy) is 2. The number of amides is 4. The van der Waals surface area contributed by atoms with Crippen molar-refractivity contribution >= 4 is 23.5 Å². The van der Waals surface area contributed by atoms with Gasteiger partial charge in [-0.2, -0.15) is 8.78 Å². The molecule has 0 aromatic heterocycles. The summed E-state index contributed by atoms with van der Waals surface area (Å²) < 4.78 is 34.7. The summed E-state index contributed by atoms with van der Waals surface area (Å²) in [6.07, 6.45) is 0. The molecule has 4 amide bonds. The van der Waals surface area contributed by atoms with Crippen LogP contribution in [0.2, 0.25) is 0 Å². The third kappa shape index (κ3) is 5.37. The number of carbonyl (C=O) groups is 3. The number of carbonyl (C=O) groups excluding carboxylic acids is 3. The summed E-state index contributed by atoms with van der Waals surface area (Å²) in [5.74, 6) is -0.0615. The summed E-state index contributed by atoms with van der Waals surface area (Å²) in [6.45, 7) is -2.01. The molecule has 0 unspecified atom stereocenters. The van der Waals surface area contributed by atoms with Crippen LogP contribution in [0, 0.1) is 0 Å². The van der Waals surface area contributed by atoms with E-state index in [9.17, 15) is 23.2 Å². The second-order valence-corrected chi connectivity index (χ2v) is 7.84. The number of nitrogens with one attached hydrogen (secondary N) is 2. The Balaban J connectivity index is 1.37. The number of rotatable bonds is 8. The standard InChI is InChI=1S/C25H21F2N3O5/c1-25(16-7-11-20(12-8-16)35-23(26)27)22(32)30(24(33)29-25)15-21(31)28-17-9-13-19(14-10-17)34-18-5-3-2-4-6-18/h2-14,23H,15H2,1H3,(H,28,31)(H,29,33)/t25-/m1/s1. The lowest BCUT2D eigenvalue weighted by Gasteiger charge is -2.22. The number of nitrogens with zero attached hydrogens (tertiary/aromatic N) is 1. The molecule has 35 heavy (non-hydrogen) atoms. The fraction of sp³-hybridized carbons (Fsp3) is 0.160. The molecule has 3 aromatic rings. The average Bonchev–Trinajstić information content (AvgIpc) is 3.05. The van der Waals surface area contributed by atoms with Crippen LogP contribution in [0.3, 0.4) is 0 Å². The SMILES string of the molecule is C[C@]1(c2ccc(OC(F)F)cc2)NC(=O)N(CC(=O)Nc2ccc(Oc3ccccc3)cc2)C1=O. The van der Waals surface area contributed by atoms with Crippen LogP contribution < -0.4 is 20.1 Å². The van der Waals surface area contributed by atoms with Crippen LogP contribution >= 0.6 is 0 Å². The van der Waals surface area contributed by atoms with Gasteiger partial charge in [0.15, 0.2) is 0 Å². The summed E-state index contributed by atoms with van der Waals surface area (Å²) in [5, 5.41) is 5.20. The molecular formula is C25H21F2N3O5. The quantitative estimate of drug-likeness (QED) is 0.463. The Kier molecular flexibility index (Phi) is 6.63. The molecule has 0 spiro atoms. The molecule has 0 bridgehead atoms. The third-order valence-electron chi connectivity index (χ3n) is 5.35. The predicted molar refractivity (Wildman–Crippen MR) is 122 cm³/mol. The average molecular weight is 481 g/mol. The summed E-state index contributed by atoms with van der Waals surface area (Å²) in [4.78, 5) is 38.8. The highest BCUT2D eigenvalue weighted by atomic mass is 19.3. The van der Waals surface area contributed by atoms with Crippen molar-refractivity contribution in [1.82, 2.24) is 10.2 Å². The molecule has 0 radical (unpaired) electrons. The van der Waals surface area contributed by atoms with Gasteiger partial charge in [-0.3, -0.25) is 14.5 Å². The van der Waals surface area contributed by atoms with E-state index in [0.29, 0.717) is 22.7 Å². The highest BCUT2D eigenvalue weighted by Crippen LogP contribution is 2.30. The molecule has 1 aliphatic heterocycles. The van der Waals surface area contributed by atoms with Crippen molar-refractivity contribution in [3.8, 4) is 17.2 Å². The summed E-state index contributed by atoms with van der Waals surface area (Å²) in [7, 11) is 0. The molecule has 1 saturated heterocycles. The molecule has 0 saturated carbocycles. The van der Waals surface area contributed by atoms with Crippen LogP contribution in [-0.2, 0) is 15.1 Å². The predicted octanol–water partition coefficient (Wildman–Crippen LogP) is 4.49. The van der Waals surface area contributed by atoms with Gasteiger partial charge in [0.1, 0.15) is 29.3 Å². The smallest absolute Gasteiger partial charge is 0.387 e. The number of urea groups is 1. The van der Waals surface area contributed by atoms with Crippen LogP contribution in [0.4, 0.5) is 19.3 Å². The molecule has 1 atom stereocenters. The lowest BCUT2D eigenvalue weighted by atomic mass is 9.92. The zero-order valence-electron chi connectivity index (χ0n) is 18.5. The van der Waals surface area contributed by atoms with Crippen LogP contribution in [0.15, 0.2) is 78.9 Å². The number of halogens is 2. The van der Waals surface area contributed by atoms with E-state index in [0.717, 1.165) is 4.90 Å². The van der Waals surface area contributed by atoms with Gasteiger partial charge in [0.05, 0.1) is 0 Å². The number of para-hydroxylation sites is 1. The summed E-state index contributed by atoms with van der Waals surface area (Å²) in [5.41, 5.74) is -0.647. The van der Waals surface area contributed by atoms with Gasteiger partial charge in [0.2, 0.25) is 5.91 Å². The highest BCUT2D eigenvalue weighted by Gasteiger charge is 2.49. The first-order valence-corrected chi connectivity index (χ1v) is 10.6. The van der Waals surface area contributed by atoms with E-state index in [4.69, 9.17) is 4.74 Å². The minimum absolute atomic E-state index is 0.0828. The fourth-order valence-corrected chi connectivity index (χ4v) is 3.58. The van der Waals surface area contributed by atoms with Crippen molar-refractivity contribution in [1.29, 1.82) is 0 Å². The van der Waals surface area contributed by atoms with Gasteiger partial charge in [-0.25, -0.2) is 4.79 Å². The van der Waals surface area contributed by atoms with Crippen molar-refractivity contribution < 1.29 is 32.6 Å². The largest absolute Gasteiger partial charge is 0.457 e. The second-order valence-electron chi connectivity index (χ2n) is 7.84. The van der Waals surface area contributed by atoms with Crippen molar-refractivity contribution in [3.05, 3.63) is 84.4 Å². The number of hydrogen-bond donors (Lipinski definition) is 2. The van der Waals surface area contributed by atoms with E-state index in [1.165, 1.54) is 31.2 Å². The number of imide groups is 1.